The van der Waals surface area contributed by atoms with Crippen molar-refractivity contribution in [3.63, 3.8) is 0 Å². The summed E-state index contributed by atoms with van der Waals surface area (Å²) in [6.45, 7) is 13.7. The molecule has 1 heteroatoms. The molecule has 1 N–H and O–H groups in total. The number of allylic oxidation sites excluding steroid dienone is 3. The Bertz CT molecular complexity index is 567. The molecule has 0 radical (unpaired) electrons. The second-order valence-electron chi connectivity index (χ2n) is 9.83. The van der Waals surface area contributed by atoms with Gasteiger partial charge in [0.05, 0.1) is 6.10 Å². The van der Waals surface area contributed by atoms with Crippen LogP contribution in [0.5, 0.6) is 0 Å². The zero-order valence-electron chi connectivity index (χ0n) is 17.6. The van der Waals surface area contributed by atoms with Gasteiger partial charge in [-0.05, 0) is 79.6 Å². The molecule has 26 heavy (non-hydrogen) atoms. The minimum atomic E-state index is -0.342. The second kappa shape index (κ2) is 8.05. The van der Waals surface area contributed by atoms with E-state index < -0.39 is 0 Å². The van der Waals surface area contributed by atoms with Gasteiger partial charge in [-0.3, -0.25) is 0 Å². The number of hydrogen-bond acceptors (Lipinski definition) is 1. The van der Waals surface area contributed by atoms with Crippen LogP contribution < -0.4 is 0 Å². The van der Waals surface area contributed by atoms with E-state index in [0.717, 1.165) is 36.2 Å². The lowest BCUT2D eigenvalue weighted by Crippen LogP contribution is -2.35. The molecule has 0 saturated heterocycles. The monoisotopic (exact) mass is 356 g/mol. The highest BCUT2D eigenvalue weighted by Gasteiger charge is 2.50. The molecule has 0 aromatic heterocycles. The van der Waals surface area contributed by atoms with Gasteiger partial charge in [0, 0.05) is 0 Å². The molecule has 0 heterocycles. The SMILES string of the molecule is C=C1[C@H](C)C/C(=C/C=C2\CCC[C@]3(C)C([C@@H](C)CCC)CC[C@@H]23)C[C@H]1O. The first-order valence-corrected chi connectivity index (χ1v) is 11.1. The van der Waals surface area contributed by atoms with Gasteiger partial charge in [0.25, 0.3) is 0 Å². The highest BCUT2D eigenvalue weighted by atomic mass is 16.3. The Labute approximate surface area is 161 Å². The summed E-state index contributed by atoms with van der Waals surface area (Å²) in [7, 11) is 0. The van der Waals surface area contributed by atoms with E-state index in [-0.39, 0.29) is 6.10 Å². The molecule has 3 saturated carbocycles. The van der Waals surface area contributed by atoms with Crippen LogP contribution in [0.4, 0.5) is 0 Å². The number of hydrogen-bond donors (Lipinski definition) is 1. The van der Waals surface area contributed by atoms with Crippen molar-refractivity contribution in [2.24, 2.45) is 29.1 Å². The molecular weight excluding hydrogens is 316 g/mol. The van der Waals surface area contributed by atoms with Gasteiger partial charge in [-0.25, -0.2) is 0 Å². The summed E-state index contributed by atoms with van der Waals surface area (Å²) in [5.41, 5.74) is 4.64. The van der Waals surface area contributed by atoms with Crippen LogP contribution >= 0.6 is 0 Å². The fourth-order valence-corrected chi connectivity index (χ4v) is 6.55. The Balaban J connectivity index is 1.76. The molecular formula is C25H40O. The average molecular weight is 357 g/mol. The molecule has 0 aromatic carbocycles. The Morgan fingerprint density at radius 3 is 2.73 bits per heavy atom. The van der Waals surface area contributed by atoms with Crippen molar-refractivity contribution in [3.8, 4) is 0 Å². The summed E-state index contributed by atoms with van der Waals surface area (Å²) in [5, 5.41) is 10.2. The van der Waals surface area contributed by atoms with Crippen LogP contribution in [0.25, 0.3) is 0 Å². The minimum Gasteiger partial charge on any atom is -0.388 e. The number of aliphatic hydroxyl groups excluding tert-OH is 1. The highest BCUT2D eigenvalue weighted by molar-refractivity contribution is 5.28. The third-order valence-corrected chi connectivity index (χ3v) is 8.09. The van der Waals surface area contributed by atoms with E-state index in [0.29, 0.717) is 11.3 Å². The van der Waals surface area contributed by atoms with E-state index in [2.05, 4.69) is 46.4 Å². The first-order chi connectivity index (χ1) is 12.4. The predicted octanol–water partition coefficient (Wildman–Crippen LogP) is 6.84. The molecule has 1 nitrogen and oxygen atoms in total. The molecule has 0 aliphatic heterocycles. The van der Waals surface area contributed by atoms with Crippen molar-refractivity contribution in [2.75, 3.05) is 0 Å². The van der Waals surface area contributed by atoms with E-state index in [4.69, 9.17) is 0 Å². The van der Waals surface area contributed by atoms with Crippen LogP contribution in [-0.2, 0) is 0 Å². The third-order valence-electron chi connectivity index (χ3n) is 8.09. The summed E-state index contributed by atoms with van der Waals surface area (Å²) in [6, 6.07) is 0. The molecule has 0 spiro atoms. The quantitative estimate of drug-likeness (QED) is 0.547. The van der Waals surface area contributed by atoms with Gasteiger partial charge in [-0.2, -0.15) is 0 Å². The standard InChI is InChI=1S/C25H40O/c1-6-8-17(2)22-12-13-23-21(9-7-14-25(22,23)5)11-10-20-15-18(3)19(4)24(26)16-20/h10-11,17-18,22-24,26H,4,6-9,12-16H2,1-3,5H3/b20-10-,21-11+/t17-,18+,22?,23-,24+,25+/m0/s1. The summed E-state index contributed by atoms with van der Waals surface area (Å²) in [5.74, 6) is 2.97. The van der Waals surface area contributed by atoms with Crippen molar-refractivity contribution in [1.29, 1.82) is 0 Å². The van der Waals surface area contributed by atoms with E-state index in [1.165, 1.54) is 50.5 Å². The maximum atomic E-state index is 10.2. The lowest BCUT2D eigenvalue weighted by molar-refractivity contribution is 0.0940. The maximum Gasteiger partial charge on any atom is 0.0787 e. The molecule has 6 atom stereocenters. The zero-order chi connectivity index (χ0) is 18.9. The van der Waals surface area contributed by atoms with Gasteiger partial charge in [-0.15, -0.1) is 0 Å². The van der Waals surface area contributed by atoms with Gasteiger partial charge in [0.15, 0.2) is 0 Å². The number of aliphatic hydroxyl groups is 1. The largest absolute Gasteiger partial charge is 0.388 e. The molecule has 3 fully saturated rings. The Morgan fingerprint density at radius 2 is 2.04 bits per heavy atom. The Hall–Kier alpha value is -0.820. The van der Waals surface area contributed by atoms with Crippen molar-refractivity contribution in [2.45, 2.75) is 91.6 Å². The summed E-state index contributed by atoms with van der Waals surface area (Å²) in [6.07, 6.45) is 15.9. The third kappa shape index (κ3) is 3.75. The lowest BCUT2D eigenvalue weighted by atomic mass is 9.61. The Kier molecular flexibility index (Phi) is 6.17. The molecule has 0 aromatic rings. The van der Waals surface area contributed by atoms with Crippen LogP contribution in [0.15, 0.2) is 35.5 Å². The summed E-state index contributed by atoms with van der Waals surface area (Å²) in [4.78, 5) is 0. The summed E-state index contributed by atoms with van der Waals surface area (Å²) < 4.78 is 0. The van der Waals surface area contributed by atoms with Gasteiger partial charge in [0.1, 0.15) is 0 Å². The molecule has 0 bridgehead atoms. The van der Waals surface area contributed by atoms with Crippen LogP contribution in [-0.4, -0.2) is 11.2 Å². The van der Waals surface area contributed by atoms with Crippen LogP contribution in [0.2, 0.25) is 0 Å². The summed E-state index contributed by atoms with van der Waals surface area (Å²) >= 11 is 0. The van der Waals surface area contributed by atoms with E-state index in [1.807, 2.05) is 0 Å². The normalized spacial score (nSPS) is 42.3. The smallest absolute Gasteiger partial charge is 0.0787 e. The van der Waals surface area contributed by atoms with Gasteiger partial charge < -0.3 is 5.11 Å². The fourth-order valence-electron chi connectivity index (χ4n) is 6.55. The highest BCUT2D eigenvalue weighted by Crippen LogP contribution is 2.59. The van der Waals surface area contributed by atoms with Gasteiger partial charge in [0.2, 0.25) is 0 Å². The average Bonchev–Trinajstić information content (AvgIpc) is 2.95. The minimum absolute atomic E-state index is 0.342. The first-order valence-electron chi connectivity index (χ1n) is 11.1. The molecule has 0 amide bonds. The van der Waals surface area contributed by atoms with Gasteiger partial charge >= 0.3 is 0 Å². The van der Waals surface area contributed by atoms with Crippen LogP contribution in [0.3, 0.4) is 0 Å². The fraction of sp³-hybridized carbons (Fsp3) is 0.760. The Morgan fingerprint density at radius 1 is 1.27 bits per heavy atom. The van der Waals surface area contributed by atoms with E-state index in [9.17, 15) is 5.11 Å². The molecule has 146 valence electrons. The van der Waals surface area contributed by atoms with Crippen molar-refractivity contribution < 1.29 is 5.11 Å². The van der Waals surface area contributed by atoms with Crippen LogP contribution in [0, 0.1) is 29.1 Å². The number of rotatable bonds is 4. The predicted molar refractivity (Wildman–Crippen MR) is 112 cm³/mol. The van der Waals surface area contributed by atoms with Crippen LogP contribution in [0.1, 0.15) is 85.5 Å². The van der Waals surface area contributed by atoms with Crippen molar-refractivity contribution in [3.05, 3.63) is 35.5 Å². The molecule has 3 aliphatic carbocycles. The van der Waals surface area contributed by atoms with Crippen molar-refractivity contribution >= 4 is 0 Å². The van der Waals surface area contributed by atoms with E-state index in [1.54, 1.807) is 5.57 Å². The number of fused-ring (bicyclic) bond motifs is 1. The lowest BCUT2D eigenvalue weighted by Gasteiger charge is -2.44. The first kappa shape index (κ1) is 19.9. The molecule has 1 unspecified atom stereocenters. The zero-order valence-corrected chi connectivity index (χ0v) is 17.6. The second-order valence-corrected chi connectivity index (χ2v) is 9.83. The molecule has 3 aliphatic rings. The topological polar surface area (TPSA) is 20.2 Å². The maximum absolute atomic E-state index is 10.2. The van der Waals surface area contributed by atoms with Gasteiger partial charge in [-0.1, -0.05) is 70.4 Å². The van der Waals surface area contributed by atoms with Crippen molar-refractivity contribution in [1.82, 2.24) is 0 Å². The molecule has 3 rings (SSSR count). The van der Waals surface area contributed by atoms with E-state index >= 15 is 0 Å².